The van der Waals surface area contributed by atoms with Gasteiger partial charge in [-0.1, -0.05) is 0 Å². The van der Waals surface area contributed by atoms with Gasteiger partial charge in [-0.3, -0.25) is 4.79 Å². The number of imide groups is 1. The van der Waals surface area contributed by atoms with Crippen LogP contribution in [0.15, 0.2) is 0 Å². The molecule has 2 fully saturated rings. The van der Waals surface area contributed by atoms with Crippen molar-refractivity contribution in [3.63, 3.8) is 0 Å². The van der Waals surface area contributed by atoms with Crippen LogP contribution in [0.2, 0.25) is 0 Å². The maximum absolute atomic E-state index is 12.2. The summed E-state index contributed by atoms with van der Waals surface area (Å²) >= 11 is 0. The summed E-state index contributed by atoms with van der Waals surface area (Å²) in [5.74, 6) is -0.0933. The monoisotopic (exact) mass is 268 g/mol. The maximum Gasteiger partial charge on any atom is 0.417 e. The van der Waals surface area contributed by atoms with Crippen LogP contribution >= 0.6 is 0 Å². The molecule has 108 valence electrons. The Hall–Kier alpha value is -1.10. The lowest BCUT2D eigenvalue weighted by Crippen LogP contribution is -2.52. The van der Waals surface area contributed by atoms with Crippen molar-refractivity contribution in [2.24, 2.45) is 5.41 Å². The molecule has 0 radical (unpaired) electrons. The van der Waals surface area contributed by atoms with E-state index in [1.54, 1.807) is 0 Å². The molecule has 19 heavy (non-hydrogen) atoms. The van der Waals surface area contributed by atoms with Gasteiger partial charge in [0, 0.05) is 19.5 Å². The second kappa shape index (κ2) is 5.12. The largest absolute Gasteiger partial charge is 0.443 e. The minimum absolute atomic E-state index is 0.0633. The zero-order valence-electron chi connectivity index (χ0n) is 12.1. The number of rotatable bonds is 0. The normalized spacial score (nSPS) is 28.6. The fraction of sp³-hybridized carbons (Fsp3) is 0.857. The summed E-state index contributed by atoms with van der Waals surface area (Å²) in [6, 6.07) is 0. The topological polar surface area (TPSA) is 58.6 Å². The molecule has 2 heterocycles. The first-order valence-corrected chi connectivity index (χ1v) is 7.05. The van der Waals surface area contributed by atoms with Gasteiger partial charge in [-0.15, -0.1) is 0 Å². The van der Waals surface area contributed by atoms with Crippen LogP contribution in [0.4, 0.5) is 4.79 Å². The first kappa shape index (κ1) is 14.3. The van der Waals surface area contributed by atoms with Gasteiger partial charge in [-0.2, -0.15) is 0 Å². The van der Waals surface area contributed by atoms with Crippen molar-refractivity contribution in [3.05, 3.63) is 0 Å². The van der Waals surface area contributed by atoms with E-state index < -0.39 is 11.7 Å². The van der Waals surface area contributed by atoms with Crippen molar-refractivity contribution in [2.75, 3.05) is 19.6 Å². The Morgan fingerprint density at radius 3 is 2.63 bits per heavy atom. The van der Waals surface area contributed by atoms with E-state index in [0.717, 1.165) is 32.4 Å². The number of amides is 2. The summed E-state index contributed by atoms with van der Waals surface area (Å²) in [5.41, 5.74) is -0.493. The summed E-state index contributed by atoms with van der Waals surface area (Å²) in [6.45, 7) is 7.84. The van der Waals surface area contributed by atoms with Gasteiger partial charge in [0.1, 0.15) is 5.60 Å². The van der Waals surface area contributed by atoms with Gasteiger partial charge in [-0.05, 0) is 52.0 Å². The second-order valence-electron chi connectivity index (χ2n) is 6.73. The van der Waals surface area contributed by atoms with Crippen molar-refractivity contribution < 1.29 is 14.3 Å². The molecule has 0 aromatic carbocycles. The van der Waals surface area contributed by atoms with Crippen LogP contribution in [0.3, 0.4) is 0 Å². The molecule has 2 aliphatic rings. The van der Waals surface area contributed by atoms with Crippen LogP contribution in [-0.2, 0) is 9.53 Å². The highest BCUT2D eigenvalue weighted by molar-refractivity contribution is 5.93. The molecule has 0 aromatic rings. The van der Waals surface area contributed by atoms with Gasteiger partial charge in [0.25, 0.3) is 0 Å². The lowest BCUT2D eigenvalue weighted by atomic mass is 9.73. The molecular formula is C14H24N2O3. The number of ether oxygens (including phenoxy) is 1. The Morgan fingerprint density at radius 1 is 1.37 bits per heavy atom. The molecule has 1 atom stereocenters. The average Bonchev–Trinajstić information content (AvgIpc) is 2.27. The van der Waals surface area contributed by atoms with E-state index in [1.165, 1.54) is 4.90 Å². The minimum Gasteiger partial charge on any atom is -0.443 e. The minimum atomic E-state index is -0.557. The molecule has 2 aliphatic heterocycles. The van der Waals surface area contributed by atoms with E-state index in [0.29, 0.717) is 13.0 Å². The lowest BCUT2D eigenvalue weighted by Gasteiger charge is -2.43. The summed E-state index contributed by atoms with van der Waals surface area (Å²) in [7, 11) is 0. The molecule has 2 saturated heterocycles. The van der Waals surface area contributed by atoms with Crippen molar-refractivity contribution in [2.45, 2.75) is 52.1 Å². The quantitative estimate of drug-likeness (QED) is 0.729. The van der Waals surface area contributed by atoms with Gasteiger partial charge in [0.05, 0.1) is 0 Å². The zero-order valence-corrected chi connectivity index (χ0v) is 12.1. The van der Waals surface area contributed by atoms with Crippen molar-refractivity contribution in [1.82, 2.24) is 10.2 Å². The Labute approximate surface area is 114 Å². The standard InChI is InChI=1S/C14H24N2O3/c1-13(2,3)19-12(18)16-8-6-14(9-11(16)17)5-4-7-15-10-14/h15H,4-10H2,1-3H3. The Morgan fingerprint density at radius 2 is 2.11 bits per heavy atom. The fourth-order valence-electron chi connectivity index (χ4n) is 2.88. The number of carbonyl (C=O) groups excluding carboxylic acids is 2. The fourth-order valence-corrected chi connectivity index (χ4v) is 2.88. The molecule has 1 unspecified atom stereocenters. The van der Waals surface area contributed by atoms with Crippen molar-refractivity contribution in [3.8, 4) is 0 Å². The highest BCUT2D eigenvalue weighted by Gasteiger charge is 2.42. The molecule has 0 saturated carbocycles. The highest BCUT2D eigenvalue weighted by atomic mass is 16.6. The molecule has 0 aromatic heterocycles. The molecular weight excluding hydrogens is 244 g/mol. The molecule has 1 spiro atoms. The van der Waals surface area contributed by atoms with E-state index in [-0.39, 0.29) is 11.3 Å². The molecule has 5 heteroatoms. The smallest absolute Gasteiger partial charge is 0.417 e. The number of hydrogen-bond acceptors (Lipinski definition) is 4. The van der Waals surface area contributed by atoms with Gasteiger partial charge >= 0.3 is 6.09 Å². The van der Waals surface area contributed by atoms with Crippen LogP contribution in [-0.4, -0.2) is 42.1 Å². The number of nitrogens with one attached hydrogen (secondary N) is 1. The lowest BCUT2D eigenvalue weighted by molar-refractivity contribution is -0.137. The van der Waals surface area contributed by atoms with E-state index in [4.69, 9.17) is 4.74 Å². The molecule has 0 aliphatic carbocycles. The molecule has 1 N–H and O–H groups in total. The predicted octanol–water partition coefficient (Wildman–Crippen LogP) is 1.91. The maximum atomic E-state index is 12.2. The average molecular weight is 268 g/mol. The Balaban J connectivity index is 1.97. The van der Waals surface area contributed by atoms with Crippen LogP contribution < -0.4 is 5.32 Å². The Bertz CT molecular complexity index is 367. The molecule has 0 bridgehead atoms. The van der Waals surface area contributed by atoms with E-state index in [9.17, 15) is 9.59 Å². The number of nitrogens with zero attached hydrogens (tertiary/aromatic N) is 1. The summed E-state index contributed by atoms with van der Waals surface area (Å²) in [5, 5.41) is 3.36. The zero-order chi connectivity index (χ0) is 14.1. The number of piperidine rings is 2. The number of carbonyl (C=O) groups is 2. The molecule has 2 amide bonds. The van der Waals surface area contributed by atoms with Crippen LogP contribution in [0, 0.1) is 5.41 Å². The van der Waals surface area contributed by atoms with E-state index in [2.05, 4.69) is 5.32 Å². The number of hydrogen-bond donors (Lipinski definition) is 1. The molecule has 2 rings (SSSR count). The predicted molar refractivity (Wildman–Crippen MR) is 71.7 cm³/mol. The third-order valence-electron chi connectivity index (χ3n) is 3.87. The number of likely N-dealkylation sites (tertiary alicyclic amines) is 1. The van der Waals surface area contributed by atoms with E-state index in [1.807, 2.05) is 20.8 Å². The highest BCUT2D eigenvalue weighted by Crippen LogP contribution is 2.38. The third kappa shape index (κ3) is 3.47. The summed E-state index contributed by atoms with van der Waals surface area (Å²) in [4.78, 5) is 25.4. The van der Waals surface area contributed by atoms with Gasteiger partial charge in [0.2, 0.25) is 5.91 Å². The van der Waals surface area contributed by atoms with Crippen LogP contribution in [0.25, 0.3) is 0 Å². The third-order valence-corrected chi connectivity index (χ3v) is 3.87. The first-order chi connectivity index (χ1) is 8.81. The van der Waals surface area contributed by atoms with Crippen molar-refractivity contribution >= 4 is 12.0 Å². The molecule has 5 nitrogen and oxygen atoms in total. The van der Waals surface area contributed by atoms with Crippen LogP contribution in [0.5, 0.6) is 0 Å². The van der Waals surface area contributed by atoms with Gasteiger partial charge in [0.15, 0.2) is 0 Å². The van der Waals surface area contributed by atoms with Crippen LogP contribution in [0.1, 0.15) is 46.5 Å². The first-order valence-electron chi connectivity index (χ1n) is 7.05. The SMILES string of the molecule is CC(C)(C)OC(=O)N1CCC2(CCCNC2)CC1=O. The van der Waals surface area contributed by atoms with Gasteiger partial charge in [-0.25, -0.2) is 9.69 Å². The summed E-state index contributed by atoms with van der Waals surface area (Å²) in [6.07, 6.45) is 3.02. The second-order valence-corrected chi connectivity index (χ2v) is 6.73. The van der Waals surface area contributed by atoms with E-state index >= 15 is 0 Å². The summed E-state index contributed by atoms with van der Waals surface area (Å²) < 4.78 is 5.27. The van der Waals surface area contributed by atoms with Gasteiger partial charge < -0.3 is 10.1 Å². The van der Waals surface area contributed by atoms with Crippen molar-refractivity contribution in [1.29, 1.82) is 0 Å². The Kier molecular flexibility index (Phi) is 3.85.